The van der Waals surface area contributed by atoms with Crippen molar-refractivity contribution in [1.82, 2.24) is 10.3 Å². The number of nitrogens with two attached hydrogens (primary N) is 1. The van der Waals surface area contributed by atoms with E-state index in [1.54, 1.807) is 30.3 Å². The van der Waals surface area contributed by atoms with Gasteiger partial charge in [-0.25, -0.2) is 4.98 Å². The molecule has 7 heteroatoms. The van der Waals surface area contributed by atoms with Gasteiger partial charge < -0.3 is 21.5 Å². The van der Waals surface area contributed by atoms with E-state index in [2.05, 4.69) is 15.6 Å². The number of rotatable bonds is 9. The van der Waals surface area contributed by atoms with Gasteiger partial charge in [-0.15, -0.1) is 11.3 Å². The first-order valence-corrected chi connectivity index (χ1v) is 9.21. The fraction of sp³-hybridized carbons (Fsp3) is 0.238. The van der Waals surface area contributed by atoms with Gasteiger partial charge in [-0.2, -0.15) is 0 Å². The van der Waals surface area contributed by atoms with Crippen LogP contribution in [0, 0.1) is 0 Å². The van der Waals surface area contributed by atoms with Crippen molar-refractivity contribution in [3.63, 3.8) is 0 Å². The number of anilines is 2. The van der Waals surface area contributed by atoms with Crippen molar-refractivity contribution < 1.29 is 20.9 Å². The van der Waals surface area contributed by atoms with Gasteiger partial charge in [-0.05, 0) is 36.2 Å². The highest BCUT2D eigenvalue weighted by Gasteiger charge is 2.08. The van der Waals surface area contributed by atoms with Gasteiger partial charge in [0.2, 0.25) is 5.91 Å². The number of carbonyl (C=O) groups excluding carboxylic acids is 1. The molecule has 0 saturated heterocycles. The molecular formula is C21H24N4O2S. The van der Waals surface area contributed by atoms with Gasteiger partial charge in [0, 0.05) is 20.3 Å². The third-order valence-electron chi connectivity index (χ3n) is 3.57. The molecule has 1 atom stereocenters. The summed E-state index contributed by atoms with van der Waals surface area (Å²) in [5.41, 5.74) is 4.91. The average Bonchev–Trinajstić information content (AvgIpc) is 3.19. The smallest absolute Gasteiger partial charge is 0.230 e. The Balaban J connectivity index is 1.74. The largest absolute Gasteiger partial charge is 0.387 e. The SMILES string of the molecule is [2H]c1sc(N)nc1C([2H])([2H])C(=O)Nc1c([2H])c([2H])c(CCNC[C@]([2H])(O)c2ccccc2)c([2H])c1[2H]. The van der Waals surface area contributed by atoms with Gasteiger partial charge in [0.1, 0.15) is 0 Å². The molecule has 146 valence electrons. The van der Waals surface area contributed by atoms with Crippen LogP contribution in [-0.4, -0.2) is 29.1 Å². The predicted molar refractivity (Wildman–Crippen MR) is 113 cm³/mol. The Morgan fingerprint density at radius 3 is 2.75 bits per heavy atom. The van der Waals surface area contributed by atoms with Crippen molar-refractivity contribution >= 4 is 28.1 Å². The number of aromatic nitrogens is 1. The molecule has 0 bridgehead atoms. The number of hydrogen-bond donors (Lipinski definition) is 4. The second-order valence-electron chi connectivity index (χ2n) is 5.67. The molecule has 0 aliphatic carbocycles. The topological polar surface area (TPSA) is 100 Å². The Morgan fingerprint density at radius 2 is 2.07 bits per heavy atom. The molecule has 0 unspecified atom stereocenters. The normalized spacial score (nSPS) is 17.6. The quantitative estimate of drug-likeness (QED) is 0.411. The van der Waals surface area contributed by atoms with E-state index < -0.39 is 53.9 Å². The molecular weight excluding hydrogens is 372 g/mol. The van der Waals surface area contributed by atoms with Gasteiger partial charge in [0.15, 0.2) is 5.13 Å². The van der Waals surface area contributed by atoms with Crippen molar-refractivity contribution in [1.29, 1.82) is 0 Å². The second-order valence-corrected chi connectivity index (χ2v) is 6.50. The summed E-state index contributed by atoms with van der Waals surface area (Å²) in [7, 11) is 0. The summed E-state index contributed by atoms with van der Waals surface area (Å²) in [4.78, 5) is 16.3. The molecule has 5 N–H and O–H groups in total. The third-order valence-corrected chi connectivity index (χ3v) is 4.17. The Kier molecular flexibility index (Phi) is 4.26. The van der Waals surface area contributed by atoms with Crippen LogP contribution in [0.5, 0.6) is 0 Å². The molecule has 2 aromatic carbocycles. The van der Waals surface area contributed by atoms with Crippen LogP contribution < -0.4 is 16.4 Å². The summed E-state index contributed by atoms with van der Waals surface area (Å²) in [5, 5.41) is 14.9. The molecule has 6 nitrogen and oxygen atoms in total. The van der Waals surface area contributed by atoms with E-state index in [9.17, 15) is 9.90 Å². The maximum absolute atomic E-state index is 12.6. The molecule has 0 fully saturated rings. The molecule has 0 aliphatic heterocycles. The maximum atomic E-state index is 12.6. The minimum absolute atomic E-state index is 0.0374. The van der Waals surface area contributed by atoms with Gasteiger partial charge in [0.25, 0.3) is 0 Å². The van der Waals surface area contributed by atoms with Crippen molar-refractivity contribution in [3.8, 4) is 0 Å². The summed E-state index contributed by atoms with van der Waals surface area (Å²) in [5.74, 6) is -1.31. The van der Waals surface area contributed by atoms with E-state index in [-0.39, 0.29) is 35.6 Å². The van der Waals surface area contributed by atoms with Crippen molar-refractivity contribution in [3.05, 3.63) is 76.7 Å². The molecule has 1 amide bonds. The maximum Gasteiger partial charge on any atom is 0.230 e. The number of amides is 1. The number of carbonyl (C=O) groups is 1. The van der Waals surface area contributed by atoms with E-state index in [1.807, 2.05) is 0 Å². The highest BCUT2D eigenvalue weighted by atomic mass is 32.1. The first-order valence-electron chi connectivity index (χ1n) is 12.4. The van der Waals surface area contributed by atoms with Gasteiger partial charge in [-0.3, -0.25) is 4.79 Å². The number of nitrogens with one attached hydrogen (secondary N) is 2. The summed E-state index contributed by atoms with van der Waals surface area (Å²) in [6, 6.07) is 6.40. The number of nitrogens with zero attached hydrogens (tertiary/aromatic N) is 1. The number of benzene rings is 2. The minimum atomic E-state index is -2.80. The number of thiazole rings is 1. The van der Waals surface area contributed by atoms with E-state index in [1.165, 1.54) is 0 Å². The zero-order chi connectivity index (χ0) is 26.8. The Bertz CT molecular complexity index is 1240. The minimum Gasteiger partial charge on any atom is -0.387 e. The lowest BCUT2D eigenvalue weighted by Gasteiger charge is -2.12. The number of nitrogen functional groups attached to an aromatic ring is 1. The van der Waals surface area contributed by atoms with Crippen molar-refractivity contribution in [2.45, 2.75) is 18.9 Å². The lowest BCUT2D eigenvalue weighted by atomic mass is 10.1. The van der Waals surface area contributed by atoms with Gasteiger partial charge in [0.05, 0.1) is 26.4 Å². The molecule has 28 heavy (non-hydrogen) atoms. The highest BCUT2D eigenvalue weighted by molar-refractivity contribution is 7.13. The molecule has 1 aromatic heterocycles. The van der Waals surface area contributed by atoms with Gasteiger partial charge >= 0.3 is 0 Å². The fourth-order valence-electron chi connectivity index (χ4n) is 2.24. The Hall–Kier alpha value is -2.74. The second kappa shape index (κ2) is 9.98. The van der Waals surface area contributed by atoms with Gasteiger partial charge in [-0.1, -0.05) is 42.4 Å². The fourth-order valence-corrected chi connectivity index (χ4v) is 2.68. The van der Waals surface area contributed by atoms with Crippen LogP contribution in [0.1, 0.15) is 33.9 Å². The molecule has 0 radical (unpaired) electrons. The zero-order valence-corrected chi connectivity index (χ0v) is 15.6. The predicted octanol–water partition coefficient (Wildman–Crippen LogP) is 2.77. The molecule has 0 saturated carbocycles. The van der Waals surface area contributed by atoms with Crippen molar-refractivity contribution in [2.24, 2.45) is 0 Å². The third kappa shape index (κ3) is 6.16. The van der Waals surface area contributed by atoms with Crippen LogP contribution in [0.3, 0.4) is 0 Å². The van der Waals surface area contributed by atoms with Crippen molar-refractivity contribution in [2.75, 3.05) is 24.1 Å². The molecule has 0 aliphatic rings. The molecule has 3 aromatic rings. The summed E-state index contributed by atoms with van der Waals surface area (Å²) >= 11 is 0.688. The van der Waals surface area contributed by atoms with E-state index in [0.29, 0.717) is 16.9 Å². The summed E-state index contributed by atoms with van der Waals surface area (Å²) < 4.78 is 64.9. The van der Waals surface area contributed by atoms with Crippen LogP contribution in [0.2, 0.25) is 0 Å². The monoisotopic (exact) mass is 404 g/mol. The Labute approximate surface area is 179 Å². The molecule has 0 spiro atoms. The van der Waals surface area contributed by atoms with Crippen LogP contribution >= 0.6 is 11.3 Å². The number of aliphatic hydroxyl groups is 1. The lowest BCUT2D eigenvalue weighted by Crippen LogP contribution is -2.23. The standard InChI is InChI=1S/C21H24N4O2S/c22-21-25-18(14-28-21)12-20(27)24-17-8-6-15(7-9-17)10-11-23-13-19(26)16-4-2-1-3-5-16/h1-9,14,19,23,26H,10-13H2,(H2,22,25)(H,24,27)/t19-/m0/s1/i6D,7D,8D,9D,12D2,14D,19D. The molecule has 1 heterocycles. The van der Waals surface area contributed by atoms with Crippen LogP contribution in [0.4, 0.5) is 10.8 Å². The van der Waals surface area contributed by atoms with Crippen LogP contribution in [0.15, 0.2) is 59.9 Å². The Morgan fingerprint density at radius 1 is 1.32 bits per heavy atom. The first kappa shape index (κ1) is 12.0. The van der Waals surface area contributed by atoms with E-state index in [0.717, 1.165) is 0 Å². The summed E-state index contributed by atoms with van der Waals surface area (Å²) in [6.45, 7) is -0.00205. The zero-order valence-electron chi connectivity index (χ0n) is 22.8. The summed E-state index contributed by atoms with van der Waals surface area (Å²) in [6.07, 6.45) is -4.66. The highest BCUT2D eigenvalue weighted by Crippen LogP contribution is 2.14. The lowest BCUT2D eigenvalue weighted by molar-refractivity contribution is -0.115. The number of hydrogen-bond acceptors (Lipinski definition) is 6. The average molecular weight is 405 g/mol. The van der Waals surface area contributed by atoms with E-state index in [4.69, 9.17) is 16.7 Å². The van der Waals surface area contributed by atoms with Crippen LogP contribution in [0.25, 0.3) is 0 Å². The van der Waals surface area contributed by atoms with Crippen LogP contribution in [-0.2, 0) is 17.6 Å². The van der Waals surface area contributed by atoms with E-state index >= 15 is 0 Å². The molecule has 3 rings (SSSR count). The first-order chi connectivity index (χ1) is 16.8.